The minimum Gasteiger partial charge on any atom is -0.286 e. The maximum Gasteiger partial charge on any atom is 0.296 e. The summed E-state index contributed by atoms with van der Waals surface area (Å²) in [7, 11) is 1.74. The Kier molecular flexibility index (Phi) is 5.43. The molecule has 1 heterocycles. The molecule has 140 valence electrons. The van der Waals surface area contributed by atoms with Gasteiger partial charge in [-0.3, -0.25) is 19.7 Å². The molecule has 2 aromatic carbocycles. The van der Waals surface area contributed by atoms with E-state index in [9.17, 15) is 14.9 Å². The largest absolute Gasteiger partial charge is 0.296 e. The van der Waals surface area contributed by atoms with Crippen molar-refractivity contribution in [2.75, 3.05) is 5.43 Å². The molecule has 0 saturated heterocycles. The number of carbonyl (C=O) groups excluding carboxylic acids is 1. The number of hydrogen-bond donors (Lipinski definition) is 1. The van der Waals surface area contributed by atoms with Crippen LogP contribution in [0, 0.1) is 18.3 Å². The van der Waals surface area contributed by atoms with Gasteiger partial charge in [-0.25, -0.2) is 4.68 Å². The summed E-state index contributed by atoms with van der Waals surface area (Å²) >= 11 is 5.82. The lowest BCUT2D eigenvalue weighted by atomic mass is 10.1. The van der Waals surface area contributed by atoms with Crippen molar-refractivity contribution in [1.29, 1.82) is 5.26 Å². The molecule has 0 aliphatic carbocycles. The number of nitrogens with zero attached hydrogens (tertiary/aromatic N) is 4. The fraction of sp³-hybridized carbons (Fsp3) is 0.100. The molecule has 8 heteroatoms. The van der Waals surface area contributed by atoms with Crippen LogP contribution in [0.15, 0.2) is 64.5 Å². The van der Waals surface area contributed by atoms with Gasteiger partial charge in [-0.2, -0.15) is 10.4 Å². The molecule has 0 radical (unpaired) electrons. The second-order valence-electron chi connectivity index (χ2n) is 5.96. The number of rotatable bonds is 5. The Bertz CT molecular complexity index is 1150. The predicted octanol–water partition coefficient (Wildman–Crippen LogP) is 3.31. The molecule has 0 unspecified atom stereocenters. The number of ketones is 1. The molecule has 0 saturated carbocycles. The van der Waals surface area contributed by atoms with E-state index < -0.39 is 5.78 Å². The Hall–Kier alpha value is -3.63. The molecule has 1 aromatic heterocycles. The van der Waals surface area contributed by atoms with Crippen molar-refractivity contribution >= 4 is 28.8 Å². The van der Waals surface area contributed by atoms with Crippen LogP contribution in [0.2, 0.25) is 5.02 Å². The number of nitrogens with one attached hydrogen (secondary N) is 1. The highest BCUT2D eigenvalue weighted by Gasteiger charge is 2.18. The third-order valence-electron chi connectivity index (χ3n) is 4.26. The highest BCUT2D eigenvalue weighted by molar-refractivity contribution is 6.51. The van der Waals surface area contributed by atoms with Crippen LogP contribution in [0.3, 0.4) is 0 Å². The second-order valence-corrected chi connectivity index (χ2v) is 6.39. The summed E-state index contributed by atoms with van der Waals surface area (Å²) in [5.41, 5.74) is 3.64. The number of benzene rings is 2. The van der Waals surface area contributed by atoms with Crippen LogP contribution in [-0.2, 0) is 7.05 Å². The van der Waals surface area contributed by atoms with Crippen LogP contribution in [0.1, 0.15) is 16.1 Å². The molecule has 0 atom stereocenters. The van der Waals surface area contributed by atoms with Crippen LogP contribution in [0.25, 0.3) is 5.69 Å². The van der Waals surface area contributed by atoms with E-state index in [2.05, 4.69) is 10.5 Å². The molecule has 1 N–H and O–H groups in total. The number of para-hydroxylation sites is 1. The van der Waals surface area contributed by atoms with Crippen LogP contribution in [0.4, 0.5) is 5.69 Å². The summed E-state index contributed by atoms with van der Waals surface area (Å²) in [6, 6.07) is 17.0. The molecule has 28 heavy (non-hydrogen) atoms. The highest BCUT2D eigenvalue weighted by Crippen LogP contribution is 2.14. The fourth-order valence-electron chi connectivity index (χ4n) is 2.67. The monoisotopic (exact) mass is 393 g/mol. The van der Waals surface area contributed by atoms with Gasteiger partial charge in [-0.15, -0.1) is 0 Å². The van der Waals surface area contributed by atoms with E-state index in [4.69, 9.17) is 11.6 Å². The first-order chi connectivity index (χ1) is 13.4. The van der Waals surface area contributed by atoms with Gasteiger partial charge >= 0.3 is 0 Å². The van der Waals surface area contributed by atoms with Gasteiger partial charge in [0.1, 0.15) is 11.8 Å². The van der Waals surface area contributed by atoms with Crippen LogP contribution in [0.5, 0.6) is 0 Å². The third kappa shape index (κ3) is 3.59. The Morgan fingerprint density at radius 1 is 1.14 bits per heavy atom. The number of anilines is 1. The molecule has 3 aromatic rings. The second kappa shape index (κ2) is 7.94. The zero-order valence-electron chi connectivity index (χ0n) is 15.2. The Labute approximate surface area is 166 Å². The Balaban J connectivity index is 1.95. The molecule has 0 aliphatic rings. The van der Waals surface area contributed by atoms with Crippen LogP contribution in [-0.4, -0.2) is 20.9 Å². The van der Waals surface area contributed by atoms with Gasteiger partial charge in [0.25, 0.3) is 5.56 Å². The van der Waals surface area contributed by atoms with E-state index in [0.29, 0.717) is 16.4 Å². The quantitative estimate of drug-likeness (QED) is 0.409. The first-order valence-corrected chi connectivity index (χ1v) is 8.70. The van der Waals surface area contributed by atoms with Crippen molar-refractivity contribution in [2.45, 2.75) is 6.92 Å². The zero-order chi connectivity index (χ0) is 20.3. The van der Waals surface area contributed by atoms with Crippen molar-refractivity contribution in [2.24, 2.45) is 12.1 Å². The lowest BCUT2D eigenvalue weighted by Crippen LogP contribution is -2.21. The van der Waals surface area contributed by atoms with Crippen molar-refractivity contribution in [3.8, 4) is 11.8 Å². The minimum absolute atomic E-state index is 0.183. The maximum atomic E-state index is 12.8. The number of aromatic nitrogens is 2. The standard InChI is InChI=1S/C20H16ClN5O2/c1-13-18(20(28)26(25(13)2)16-6-4-3-5-7-16)24-23-17(12-22)19(27)14-8-10-15(21)11-9-14/h3-11,24H,1-2H3/b23-17+. The number of hydrogen-bond acceptors (Lipinski definition) is 5. The van der Waals surface area contributed by atoms with E-state index in [1.807, 2.05) is 18.2 Å². The van der Waals surface area contributed by atoms with Crippen LogP contribution < -0.4 is 11.0 Å². The lowest BCUT2D eigenvalue weighted by Gasteiger charge is -2.07. The van der Waals surface area contributed by atoms with E-state index in [1.165, 1.54) is 16.8 Å². The summed E-state index contributed by atoms with van der Waals surface area (Å²) in [6.45, 7) is 1.74. The molecule has 3 rings (SSSR count). The smallest absolute Gasteiger partial charge is 0.286 e. The molecule has 7 nitrogen and oxygen atoms in total. The van der Waals surface area contributed by atoms with Gasteiger partial charge in [-0.05, 0) is 43.3 Å². The van der Waals surface area contributed by atoms with Gasteiger partial charge in [0, 0.05) is 17.6 Å². The van der Waals surface area contributed by atoms with Crippen molar-refractivity contribution < 1.29 is 4.79 Å². The maximum absolute atomic E-state index is 12.8. The normalized spacial score (nSPS) is 11.1. The summed E-state index contributed by atoms with van der Waals surface area (Å²) in [5, 5.41) is 13.7. The topological polar surface area (TPSA) is 92.2 Å². The Morgan fingerprint density at radius 3 is 2.39 bits per heavy atom. The fourth-order valence-corrected chi connectivity index (χ4v) is 2.80. The van der Waals surface area contributed by atoms with E-state index in [-0.39, 0.29) is 22.5 Å². The van der Waals surface area contributed by atoms with Gasteiger partial charge in [0.15, 0.2) is 0 Å². The van der Waals surface area contributed by atoms with E-state index in [0.717, 1.165) is 0 Å². The number of halogens is 1. The van der Waals surface area contributed by atoms with Gasteiger partial charge in [0.05, 0.1) is 11.4 Å². The van der Waals surface area contributed by atoms with E-state index >= 15 is 0 Å². The predicted molar refractivity (Wildman–Crippen MR) is 108 cm³/mol. The average molecular weight is 394 g/mol. The number of hydrazone groups is 1. The van der Waals surface area contributed by atoms with Gasteiger partial charge < -0.3 is 0 Å². The molecule has 0 aliphatic heterocycles. The zero-order valence-corrected chi connectivity index (χ0v) is 15.9. The molecule has 0 amide bonds. The SMILES string of the molecule is Cc1c(N/N=C(\C#N)C(=O)c2ccc(Cl)cc2)c(=O)n(-c2ccccc2)n1C. The summed E-state index contributed by atoms with van der Waals surface area (Å²) in [4.78, 5) is 25.3. The molecule has 0 fully saturated rings. The average Bonchev–Trinajstić information content (AvgIpc) is 2.92. The molecule has 0 spiro atoms. The van der Waals surface area contributed by atoms with Crippen molar-refractivity contribution in [3.63, 3.8) is 0 Å². The molecular weight excluding hydrogens is 378 g/mol. The Morgan fingerprint density at radius 2 is 1.79 bits per heavy atom. The van der Waals surface area contributed by atoms with E-state index in [1.54, 1.807) is 49.0 Å². The first kappa shape index (κ1) is 19.1. The lowest BCUT2D eigenvalue weighted by molar-refractivity contribution is 0.106. The van der Waals surface area contributed by atoms with Gasteiger partial charge in [0.2, 0.25) is 11.5 Å². The van der Waals surface area contributed by atoms with Gasteiger partial charge in [-0.1, -0.05) is 29.8 Å². The summed E-state index contributed by atoms with van der Waals surface area (Å²) < 4.78 is 3.14. The minimum atomic E-state index is -0.566. The third-order valence-corrected chi connectivity index (χ3v) is 4.51. The molecule has 0 bridgehead atoms. The number of Topliss-reactive ketones (excluding diaryl/α,β-unsaturated/α-hetero) is 1. The molecular formula is C20H16ClN5O2. The van der Waals surface area contributed by atoms with Crippen molar-refractivity contribution in [3.05, 3.63) is 81.2 Å². The number of nitriles is 1. The summed E-state index contributed by atoms with van der Waals surface area (Å²) in [6.07, 6.45) is 0. The number of carbonyl (C=O) groups is 1. The summed E-state index contributed by atoms with van der Waals surface area (Å²) in [5.74, 6) is -0.566. The van der Waals surface area contributed by atoms with Crippen LogP contribution >= 0.6 is 11.6 Å². The van der Waals surface area contributed by atoms with Crippen molar-refractivity contribution in [1.82, 2.24) is 9.36 Å². The first-order valence-electron chi connectivity index (χ1n) is 8.32. The highest BCUT2D eigenvalue weighted by atomic mass is 35.5.